The molecule has 3 aromatic carbocycles. The van der Waals surface area contributed by atoms with Gasteiger partial charge in [0.2, 0.25) is 0 Å². The summed E-state index contributed by atoms with van der Waals surface area (Å²) in [6.45, 7) is 24.4. The standard InChI is InChI=1S/C34H9F2N15/c1-14-5-22-23(6-15(14)11-37)44-29(43-22)16(12-38)31-49-32(17(13-39)30-45-26-9-20(40-2)21(41-3)10-27(26)46-30)51-34(50-31)28(42-4)33-47-24-7-18(35)19(36)8-25(24)48-33/h5-10H,1H3/b29-16-. The van der Waals surface area contributed by atoms with E-state index in [-0.39, 0.29) is 67.2 Å². The van der Waals surface area contributed by atoms with Crippen molar-refractivity contribution in [2.75, 3.05) is 0 Å². The molecule has 3 aliphatic heterocycles. The molecule has 17 heteroatoms. The number of hydrogen-bond acceptors (Lipinski definition) is 12. The van der Waals surface area contributed by atoms with E-state index in [0.717, 1.165) is 12.1 Å². The molecule has 3 aliphatic rings. The lowest BCUT2D eigenvalue weighted by molar-refractivity contribution is 0.506. The Kier molecular flexibility index (Phi) is 7.28. The monoisotopic (exact) mass is 665 g/mol. The highest BCUT2D eigenvalue weighted by Crippen LogP contribution is 2.28. The Morgan fingerprint density at radius 1 is 0.588 bits per heavy atom. The predicted octanol–water partition coefficient (Wildman–Crippen LogP) is 2.22. The van der Waals surface area contributed by atoms with Gasteiger partial charge in [-0.25, -0.2) is 58.5 Å². The zero-order chi connectivity index (χ0) is 36.0. The first-order chi connectivity index (χ1) is 24.7. The molecule has 0 spiro atoms. The van der Waals surface area contributed by atoms with Crippen molar-refractivity contribution in [1.29, 1.82) is 15.8 Å². The van der Waals surface area contributed by atoms with Crippen LogP contribution in [-0.4, -0.2) is 15.0 Å². The number of nitrogens with zero attached hydrogens (tertiary/aromatic N) is 15. The molecule has 0 N–H and O–H groups in total. The van der Waals surface area contributed by atoms with Crippen LogP contribution in [0.1, 0.15) is 28.6 Å². The maximum Gasteiger partial charge on any atom is 0.274 e. The van der Waals surface area contributed by atoms with Gasteiger partial charge in [0.25, 0.3) is 5.70 Å². The van der Waals surface area contributed by atoms with Gasteiger partial charge >= 0.3 is 0 Å². The molecular weight excluding hydrogens is 656 g/mol. The summed E-state index contributed by atoms with van der Waals surface area (Å²) in [7, 11) is 0. The van der Waals surface area contributed by atoms with E-state index < -0.39 is 29.0 Å². The Morgan fingerprint density at radius 3 is 1.43 bits per heavy atom. The Bertz CT molecular complexity index is 3040. The molecule has 0 radical (unpaired) electrons. The third-order valence-corrected chi connectivity index (χ3v) is 7.42. The Balaban J connectivity index is 1.51. The number of nitriles is 3. The van der Waals surface area contributed by atoms with Crippen molar-refractivity contribution in [3.05, 3.63) is 160 Å². The number of allylic oxidation sites excluding steroid dienone is 2. The molecule has 0 aliphatic carbocycles. The molecule has 7 rings (SSSR count). The molecule has 4 aromatic rings. The van der Waals surface area contributed by atoms with Gasteiger partial charge in [-0.1, -0.05) is 0 Å². The van der Waals surface area contributed by atoms with Gasteiger partial charge in [-0.15, -0.1) is 0 Å². The van der Waals surface area contributed by atoms with Crippen LogP contribution in [0.2, 0.25) is 0 Å². The molecular formula is C34H9F2N15. The highest BCUT2D eigenvalue weighted by atomic mass is 19.2. The Hall–Kier alpha value is -8.51. The number of benzene rings is 3. The lowest BCUT2D eigenvalue weighted by Gasteiger charge is -2.07. The SMILES string of the molecule is [C-]#[N+]C(=C1N=c2cc(F)c(F)cc2=N1)c1nc(C(C#N)=C2N=c3cc([N+]#[C-])c([N+]#[C-])cc3=N2)nc(/C(C#N)=C2/N=c3cc(C)c(C#N)cc3=N2)n1. The van der Waals surface area contributed by atoms with E-state index >= 15 is 0 Å². The third-order valence-electron chi connectivity index (χ3n) is 7.42. The van der Waals surface area contributed by atoms with E-state index in [4.69, 9.17) is 19.7 Å². The summed E-state index contributed by atoms with van der Waals surface area (Å²) >= 11 is 0. The van der Waals surface area contributed by atoms with Gasteiger partial charge in [0.1, 0.15) is 23.3 Å². The molecule has 1 aromatic heterocycles. The fourth-order valence-electron chi connectivity index (χ4n) is 4.99. The van der Waals surface area contributed by atoms with E-state index in [1.54, 1.807) is 13.0 Å². The molecule has 234 valence electrons. The topological polar surface area (TPSA) is 197 Å². The van der Waals surface area contributed by atoms with Gasteiger partial charge in [-0.3, -0.25) is 9.69 Å². The molecule has 0 bridgehead atoms. The molecule has 51 heavy (non-hydrogen) atoms. The zero-order valence-electron chi connectivity index (χ0n) is 25.4. The van der Waals surface area contributed by atoms with Crippen LogP contribution in [0.5, 0.6) is 0 Å². The van der Waals surface area contributed by atoms with Crippen LogP contribution < -0.4 is 32.1 Å². The molecule has 4 heterocycles. The number of rotatable bonds is 3. The maximum absolute atomic E-state index is 14.0. The van der Waals surface area contributed by atoms with Crippen LogP contribution in [0.15, 0.2) is 83.8 Å². The van der Waals surface area contributed by atoms with E-state index in [2.05, 4.69) is 65.5 Å². The number of aromatic nitrogens is 3. The zero-order valence-corrected chi connectivity index (χ0v) is 25.4. The van der Waals surface area contributed by atoms with Crippen LogP contribution in [0.25, 0.3) is 31.4 Å². The van der Waals surface area contributed by atoms with Gasteiger partial charge in [-0.05, 0) is 36.8 Å². The van der Waals surface area contributed by atoms with Crippen molar-refractivity contribution < 1.29 is 8.78 Å². The smallest absolute Gasteiger partial charge is 0.250 e. The van der Waals surface area contributed by atoms with Crippen LogP contribution >= 0.6 is 0 Å². The Labute approximate surface area is 283 Å². The minimum atomic E-state index is -1.18. The quantitative estimate of drug-likeness (QED) is 0.237. The second-order valence-corrected chi connectivity index (χ2v) is 10.5. The summed E-state index contributed by atoms with van der Waals surface area (Å²) in [5.74, 6) is -4.22. The third kappa shape index (κ3) is 5.21. The molecule has 0 fully saturated rings. The largest absolute Gasteiger partial charge is 0.274 e. The summed E-state index contributed by atoms with van der Waals surface area (Å²) in [4.78, 5) is 48.9. The fourth-order valence-corrected chi connectivity index (χ4v) is 4.99. The minimum Gasteiger partial charge on any atom is -0.250 e. The molecule has 0 saturated carbocycles. The van der Waals surface area contributed by atoms with Crippen molar-refractivity contribution in [3.63, 3.8) is 0 Å². The summed E-state index contributed by atoms with van der Waals surface area (Å²) in [5, 5.41) is 31.1. The first kappa shape index (κ1) is 31.1. The van der Waals surface area contributed by atoms with Gasteiger partial charge < -0.3 is 0 Å². The second-order valence-electron chi connectivity index (χ2n) is 10.5. The van der Waals surface area contributed by atoms with Crippen LogP contribution in [0, 0.1) is 72.3 Å². The van der Waals surface area contributed by atoms with Gasteiger partial charge in [0, 0.05) is 12.1 Å². The average Bonchev–Trinajstić information content (AvgIpc) is 3.84. The molecule has 15 nitrogen and oxygen atoms in total. The molecule has 0 amide bonds. The van der Waals surface area contributed by atoms with Crippen molar-refractivity contribution >= 4 is 28.2 Å². The summed E-state index contributed by atoms with van der Waals surface area (Å²) in [5.41, 5.74) is -0.0459. The molecule has 0 saturated heterocycles. The summed E-state index contributed by atoms with van der Waals surface area (Å²) in [6, 6.07) is 13.4. The van der Waals surface area contributed by atoms with E-state index in [0.29, 0.717) is 21.8 Å². The van der Waals surface area contributed by atoms with Crippen LogP contribution in [0.4, 0.5) is 20.2 Å². The van der Waals surface area contributed by atoms with Crippen molar-refractivity contribution in [2.45, 2.75) is 6.92 Å². The summed E-state index contributed by atoms with van der Waals surface area (Å²) in [6.07, 6.45) is 0. The minimum absolute atomic E-state index is 0.0257. The van der Waals surface area contributed by atoms with E-state index in [9.17, 15) is 24.6 Å². The summed E-state index contributed by atoms with van der Waals surface area (Å²) < 4.78 is 27.9. The normalized spacial score (nSPS) is 13.6. The second kappa shape index (κ2) is 11.9. The lowest BCUT2D eigenvalue weighted by atomic mass is 10.1. The first-order valence-electron chi connectivity index (χ1n) is 14.1. The predicted molar refractivity (Wildman–Crippen MR) is 167 cm³/mol. The molecule has 0 unspecified atom stereocenters. The van der Waals surface area contributed by atoms with Crippen LogP contribution in [0.3, 0.4) is 0 Å². The number of halogens is 2. The Morgan fingerprint density at radius 2 is 1.00 bits per heavy atom. The van der Waals surface area contributed by atoms with E-state index in [1.165, 1.54) is 18.2 Å². The van der Waals surface area contributed by atoms with Gasteiger partial charge in [0.05, 0.1) is 63.5 Å². The van der Waals surface area contributed by atoms with Crippen molar-refractivity contribution in [2.24, 2.45) is 30.0 Å². The van der Waals surface area contributed by atoms with Crippen LogP contribution in [-0.2, 0) is 0 Å². The number of aryl methyl sites for hydroxylation is 1. The average molecular weight is 666 g/mol. The highest BCUT2D eigenvalue weighted by molar-refractivity contribution is 5.81. The molecule has 0 atom stereocenters. The van der Waals surface area contributed by atoms with Crippen molar-refractivity contribution in [1.82, 2.24) is 15.0 Å². The maximum atomic E-state index is 14.0. The fraction of sp³-hybridized carbons (Fsp3) is 0.0294. The van der Waals surface area contributed by atoms with Crippen molar-refractivity contribution in [3.8, 4) is 18.2 Å². The number of fused-ring (bicyclic) bond motifs is 3. The first-order valence-corrected chi connectivity index (χ1v) is 14.1. The van der Waals surface area contributed by atoms with Gasteiger partial charge in [-0.2, -0.15) is 15.8 Å². The van der Waals surface area contributed by atoms with Gasteiger partial charge in [0.15, 0.2) is 57.9 Å². The lowest BCUT2D eigenvalue weighted by Crippen LogP contribution is -2.23. The highest BCUT2D eigenvalue weighted by Gasteiger charge is 2.25. The number of hydrogen-bond donors (Lipinski definition) is 0. The van der Waals surface area contributed by atoms with E-state index in [1.807, 2.05) is 12.1 Å².